The fraction of sp³-hybridized carbons (Fsp3) is 0.0847. The molecule has 1 spiro atoms. The van der Waals surface area contributed by atoms with Gasteiger partial charge in [-0.15, -0.1) is 0 Å². The Kier molecular flexibility index (Phi) is 8.36. The lowest BCUT2D eigenvalue weighted by atomic mass is 9.66. The van der Waals surface area contributed by atoms with Gasteiger partial charge in [0.05, 0.1) is 5.41 Å². The smallest absolute Gasteiger partial charge is 0.0710 e. The molecule has 3 aliphatic rings. The third-order valence-electron chi connectivity index (χ3n) is 13.4. The minimum atomic E-state index is -0.476. The predicted octanol–water partition coefficient (Wildman–Crippen LogP) is 15.2. The molecule has 0 heterocycles. The normalized spacial score (nSPS) is 16.5. The topological polar surface area (TPSA) is 3.24 Å². The van der Waals surface area contributed by atoms with E-state index in [9.17, 15) is 0 Å². The van der Waals surface area contributed by atoms with Crippen molar-refractivity contribution >= 4 is 22.6 Å². The third kappa shape index (κ3) is 5.46. The molecule has 60 heavy (non-hydrogen) atoms. The second kappa shape index (κ2) is 14.0. The maximum absolute atomic E-state index is 4.82. The second-order valence-electron chi connectivity index (χ2n) is 16.9. The SMILES string of the molecule is C=C1/C=C\C=C(\c2ccc(N(c3ccc(-c4ccccc4)cc3)c3ccc4c(c3)C(C)(C)c3ccccc3-4)cc2)Cc2ccccc2C12c1ccccc1-c1ccccc12. The van der Waals surface area contributed by atoms with Crippen molar-refractivity contribution in [2.45, 2.75) is 31.1 Å². The lowest BCUT2D eigenvalue weighted by molar-refractivity contribution is 0.660. The van der Waals surface area contributed by atoms with E-state index in [0.29, 0.717) is 0 Å². The Morgan fingerprint density at radius 3 is 1.57 bits per heavy atom. The van der Waals surface area contributed by atoms with Crippen molar-refractivity contribution in [3.8, 4) is 33.4 Å². The van der Waals surface area contributed by atoms with E-state index in [1.165, 1.54) is 77.9 Å². The number of benzene rings is 8. The van der Waals surface area contributed by atoms with Gasteiger partial charge in [0, 0.05) is 22.5 Å². The van der Waals surface area contributed by atoms with Gasteiger partial charge in [0.2, 0.25) is 0 Å². The Morgan fingerprint density at radius 2 is 0.917 bits per heavy atom. The summed E-state index contributed by atoms with van der Waals surface area (Å²) in [5.41, 5.74) is 22.0. The zero-order chi connectivity index (χ0) is 40.4. The first-order valence-corrected chi connectivity index (χ1v) is 21.1. The van der Waals surface area contributed by atoms with Crippen molar-refractivity contribution < 1.29 is 0 Å². The Bertz CT molecular complexity index is 2990. The van der Waals surface area contributed by atoms with Gasteiger partial charge in [-0.3, -0.25) is 0 Å². The summed E-state index contributed by atoms with van der Waals surface area (Å²) in [5, 5.41) is 0. The maximum Gasteiger partial charge on any atom is 0.0710 e. The standard InChI is InChI=1S/C59H45N/c1-40-16-15-20-44(38-45-19-7-11-24-53(45)59(40)55-26-13-9-22-50(55)51-23-10-14-27-56(51)59)43-30-34-47(35-31-43)60(46-32-28-42(29-33-46)41-17-5-4-6-18-41)48-36-37-52-49-21-8-12-25-54(49)58(2,3)57(52)39-48/h4-37,39H,1,38H2,2-3H3/b16-15-,44-20+. The molecule has 0 bridgehead atoms. The van der Waals surface area contributed by atoms with Crippen molar-refractivity contribution in [3.05, 3.63) is 263 Å². The van der Waals surface area contributed by atoms with Crippen LogP contribution in [0.1, 0.15) is 52.8 Å². The van der Waals surface area contributed by atoms with Crippen LogP contribution in [0.5, 0.6) is 0 Å². The number of allylic oxidation sites excluding steroid dienone is 5. The van der Waals surface area contributed by atoms with Gasteiger partial charge in [-0.25, -0.2) is 0 Å². The molecule has 0 aromatic heterocycles. The van der Waals surface area contributed by atoms with Crippen molar-refractivity contribution in [2.75, 3.05) is 4.90 Å². The Balaban J connectivity index is 0.997. The van der Waals surface area contributed by atoms with Crippen molar-refractivity contribution in [2.24, 2.45) is 0 Å². The van der Waals surface area contributed by atoms with Crippen LogP contribution in [-0.4, -0.2) is 0 Å². The van der Waals surface area contributed by atoms with E-state index in [4.69, 9.17) is 6.58 Å². The number of hydrogen-bond donors (Lipinski definition) is 0. The second-order valence-corrected chi connectivity index (χ2v) is 16.9. The molecule has 0 fully saturated rings. The minimum Gasteiger partial charge on any atom is -0.310 e. The van der Waals surface area contributed by atoms with Crippen LogP contribution in [0.4, 0.5) is 17.1 Å². The first-order chi connectivity index (χ1) is 29.4. The van der Waals surface area contributed by atoms with E-state index in [2.05, 4.69) is 231 Å². The van der Waals surface area contributed by atoms with E-state index in [1.807, 2.05) is 0 Å². The zero-order valence-electron chi connectivity index (χ0n) is 34.1. The molecular weight excluding hydrogens is 723 g/mol. The highest BCUT2D eigenvalue weighted by Gasteiger charge is 2.47. The van der Waals surface area contributed by atoms with Gasteiger partial charge >= 0.3 is 0 Å². The first-order valence-electron chi connectivity index (χ1n) is 21.1. The van der Waals surface area contributed by atoms with Crippen LogP contribution in [0.15, 0.2) is 225 Å². The Morgan fingerprint density at radius 1 is 0.433 bits per heavy atom. The summed E-state index contributed by atoms with van der Waals surface area (Å²) in [6.45, 7) is 9.53. The molecule has 0 amide bonds. The highest BCUT2D eigenvalue weighted by molar-refractivity contribution is 5.89. The highest BCUT2D eigenvalue weighted by atomic mass is 15.1. The summed E-state index contributed by atoms with van der Waals surface area (Å²) in [6.07, 6.45) is 7.55. The van der Waals surface area contributed by atoms with Crippen LogP contribution in [-0.2, 0) is 17.3 Å². The van der Waals surface area contributed by atoms with Crippen LogP contribution in [0.25, 0.3) is 39.0 Å². The summed E-state index contributed by atoms with van der Waals surface area (Å²) in [7, 11) is 0. The molecule has 0 atom stereocenters. The van der Waals surface area contributed by atoms with Gasteiger partial charge in [-0.1, -0.05) is 196 Å². The summed E-state index contributed by atoms with van der Waals surface area (Å²) >= 11 is 0. The lowest BCUT2D eigenvalue weighted by Gasteiger charge is -2.35. The van der Waals surface area contributed by atoms with Gasteiger partial charge in [-0.05, 0) is 126 Å². The van der Waals surface area contributed by atoms with E-state index >= 15 is 0 Å². The zero-order valence-corrected chi connectivity index (χ0v) is 34.1. The van der Waals surface area contributed by atoms with Gasteiger partial charge < -0.3 is 4.90 Å². The van der Waals surface area contributed by atoms with Crippen LogP contribution in [0.2, 0.25) is 0 Å². The number of rotatable bonds is 5. The van der Waals surface area contributed by atoms with Gasteiger partial charge in [-0.2, -0.15) is 0 Å². The summed E-state index contributed by atoms with van der Waals surface area (Å²) in [4.78, 5) is 2.41. The molecule has 0 aliphatic heterocycles. The predicted molar refractivity (Wildman–Crippen MR) is 252 cm³/mol. The highest BCUT2D eigenvalue weighted by Crippen LogP contribution is 2.57. The van der Waals surface area contributed by atoms with Gasteiger partial charge in [0.1, 0.15) is 0 Å². The molecule has 1 heteroatoms. The molecule has 286 valence electrons. The fourth-order valence-corrected chi connectivity index (χ4v) is 10.5. The molecule has 0 saturated carbocycles. The third-order valence-corrected chi connectivity index (χ3v) is 13.4. The number of anilines is 3. The average molecular weight is 768 g/mol. The van der Waals surface area contributed by atoms with Crippen LogP contribution >= 0.6 is 0 Å². The summed E-state index contributed by atoms with van der Waals surface area (Å²) in [6, 6.07) is 71.5. The molecule has 0 radical (unpaired) electrons. The fourth-order valence-electron chi connectivity index (χ4n) is 10.5. The molecule has 0 unspecified atom stereocenters. The Labute approximate surface area is 354 Å². The average Bonchev–Trinajstić information content (AvgIpc) is 3.74. The van der Waals surface area contributed by atoms with Crippen LogP contribution in [0.3, 0.4) is 0 Å². The molecular formula is C59H45N. The molecule has 8 aromatic carbocycles. The summed E-state index contributed by atoms with van der Waals surface area (Å²) < 4.78 is 0. The maximum atomic E-state index is 4.82. The number of fused-ring (bicyclic) bond motifs is 10. The van der Waals surface area contributed by atoms with Gasteiger partial charge in [0.15, 0.2) is 0 Å². The molecule has 8 aromatic rings. The Hall–Kier alpha value is -7.22. The van der Waals surface area contributed by atoms with E-state index in [-0.39, 0.29) is 5.41 Å². The van der Waals surface area contributed by atoms with Crippen LogP contribution < -0.4 is 4.90 Å². The van der Waals surface area contributed by atoms with E-state index in [1.54, 1.807) is 0 Å². The molecule has 0 N–H and O–H groups in total. The van der Waals surface area contributed by atoms with E-state index in [0.717, 1.165) is 29.1 Å². The minimum absolute atomic E-state index is 0.103. The first kappa shape index (κ1) is 35.9. The van der Waals surface area contributed by atoms with E-state index < -0.39 is 5.41 Å². The molecule has 3 aliphatic carbocycles. The van der Waals surface area contributed by atoms with Crippen molar-refractivity contribution in [1.82, 2.24) is 0 Å². The van der Waals surface area contributed by atoms with Crippen LogP contribution in [0, 0.1) is 0 Å². The molecule has 1 nitrogen and oxygen atoms in total. The number of hydrogen-bond acceptors (Lipinski definition) is 1. The lowest BCUT2D eigenvalue weighted by Crippen LogP contribution is -2.29. The van der Waals surface area contributed by atoms with Crippen molar-refractivity contribution in [1.29, 1.82) is 0 Å². The molecule has 11 rings (SSSR count). The number of nitrogens with zero attached hydrogens (tertiary/aromatic N) is 1. The summed E-state index contributed by atoms with van der Waals surface area (Å²) in [5.74, 6) is 0. The quantitative estimate of drug-likeness (QED) is 0.169. The largest absolute Gasteiger partial charge is 0.310 e. The monoisotopic (exact) mass is 767 g/mol. The molecule has 0 saturated heterocycles. The van der Waals surface area contributed by atoms with Gasteiger partial charge in [0.25, 0.3) is 0 Å². The van der Waals surface area contributed by atoms with Crippen molar-refractivity contribution in [3.63, 3.8) is 0 Å².